The minimum atomic E-state index is -0.476. The van der Waals surface area contributed by atoms with Gasteiger partial charge in [-0.15, -0.1) is 11.3 Å². The van der Waals surface area contributed by atoms with E-state index in [-0.39, 0.29) is 19.6 Å². The van der Waals surface area contributed by atoms with E-state index in [0.717, 1.165) is 23.3 Å². The lowest BCUT2D eigenvalue weighted by Gasteiger charge is -2.03. The number of hydrogen-bond acceptors (Lipinski definition) is 5. The third-order valence-electron chi connectivity index (χ3n) is 2.63. The van der Waals surface area contributed by atoms with Crippen LogP contribution in [0.15, 0.2) is 6.07 Å². The molecule has 0 aromatic carbocycles. The minimum absolute atomic E-state index is 0.240. The molecule has 1 aromatic heterocycles. The average molecular weight is 294 g/mol. The molecule has 6 heteroatoms. The Morgan fingerprint density at radius 2 is 2.25 bits per heavy atom. The number of nitriles is 1. The fourth-order valence-electron chi connectivity index (χ4n) is 1.65. The summed E-state index contributed by atoms with van der Waals surface area (Å²) in [5.41, 5.74) is 1.16. The largest absolute Gasteiger partial charge is 0.451 e. The first kappa shape index (κ1) is 16.2. The van der Waals surface area contributed by atoms with E-state index in [1.165, 1.54) is 11.3 Å². The quantitative estimate of drug-likeness (QED) is 0.617. The van der Waals surface area contributed by atoms with Crippen LogP contribution in [0, 0.1) is 18.3 Å². The Bertz CT molecular complexity index is 517. The second-order valence-corrected chi connectivity index (χ2v) is 5.53. The predicted octanol–water partition coefficient (Wildman–Crippen LogP) is 2.20. The molecule has 0 atom stereocenters. The second-order valence-electron chi connectivity index (χ2n) is 4.28. The van der Waals surface area contributed by atoms with Gasteiger partial charge in [0.05, 0.1) is 12.5 Å². The van der Waals surface area contributed by atoms with Gasteiger partial charge in [-0.3, -0.25) is 4.79 Å². The zero-order valence-electron chi connectivity index (χ0n) is 11.7. The SMILES string of the molecule is CCCc1cc(C(=O)OCC(=O)NCCC#N)sc1C. The molecule has 5 nitrogen and oxygen atoms in total. The van der Waals surface area contributed by atoms with Gasteiger partial charge >= 0.3 is 5.97 Å². The summed E-state index contributed by atoms with van der Waals surface area (Å²) in [4.78, 5) is 24.8. The molecule has 0 saturated carbocycles. The van der Waals surface area contributed by atoms with E-state index in [4.69, 9.17) is 10.00 Å². The number of rotatable bonds is 7. The Morgan fingerprint density at radius 1 is 1.50 bits per heavy atom. The molecule has 0 bridgehead atoms. The van der Waals surface area contributed by atoms with E-state index in [1.807, 2.05) is 19.1 Å². The van der Waals surface area contributed by atoms with Crippen molar-refractivity contribution in [1.29, 1.82) is 5.26 Å². The lowest BCUT2D eigenvalue weighted by Crippen LogP contribution is -2.29. The maximum absolute atomic E-state index is 11.8. The number of hydrogen-bond donors (Lipinski definition) is 1. The van der Waals surface area contributed by atoms with Crippen LogP contribution in [-0.4, -0.2) is 25.0 Å². The first-order chi connectivity index (χ1) is 9.58. The normalized spacial score (nSPS) is 9.85. The summed E-state index contributed by atoms with van der Waals surface area (Å²) in [6, 6.07) is 3.75. The second kappa shape index (κ2) is 8.33. The van der Waals surface area contributed by atoms with Gasteiger partial charge in [-0.25, -0.2) is 4.79 Å². The molecule has 0 spiro atoms. The van der Waals surface area contributed by atoms with Gasteiger partial charge < -0.3 is 10.1 Å². The number of esters is 1. The summed E-state index contributed by atoms with van der Waals surface area (Å²) in [6.07, 6.45) is 2.20. The molecule has 1 N–H and O–H groups in total. The van der Waals surface area contributed by atoms with Gasteiger partial charge in [0.25, 0.3) is 5.91 Å². The lowest BCUT2D eigenvalue weighted by atomic mass is 10.1. The molecule has 1 amide bonds. The van der Waals surface area contributed by atoms with Crippen molar-refractivity contribution in [1.82, 2.24) is 5.32 Å². The summed E-state index contributed by atoms with van der Waals surface area (Å²) in [6.45, 7) is 4.01. The van der Waals surface area contributed by atoms with Crippen molar-refractivity contribution in [2.75, 3.05) is 13.2 Å². The van der Waals surface area contributed by atoms with Gasteiger partial charge in [-0.05, 0) is 25.0 Å². The monoisotopic (exact) mass is 294 g/mol. The van der Waals surface area contributed by atoms with Crippen molar-refractivity contribution in [3.05, 3.63) is 21.4 Å². The highest BCUT2D eigenvalue weighted by molar-refractivity contribution is 7.14. The maximum atomic E-state index is 11.8. The molecule has 0 unspecified atom stereocenters. The van der Waals surface area contributed by atoms with E-state index >= 15 is 0 Å². The first-order valence-electron chi connectivity index (χ1n) is 6.48. The fraction of sp³-hybridized carbons (Fsp3) is 0.500. The van der Waals surface area contributed by atoms with Gasteiger partial charge in [0.15, 0.2) is 6.61 Å². The molecule has 0 aliphatic carbocycles. The van der Waals surface area contributed by atoms with Crippen molar-refractivity contribution in [2.24, 2.45) is 0 Å². The minimum Gasteiger partial charge on any atom is -0.451 e. The Labute approximate surface area is 122 Å². The number of carbonyl (C=O) groups excluding carboxylic acids is 2. The Balaban J connectivity index is 2.45. The lowest BCUT2D eigenvalue weighted by molar-refractivity contribution is -0.124. The van der Waals surface area contributed by atoms with Gasteiger partial charge in [0.1, 0.15) is 4.88 Å². The van der Waals surface area contributed by atoms with Crippen LogP contribution in [0.4, 0.5) is 0 Å². The summed E-state index contributed by atoms with van der Waals surface area (Å²) < 4.78 is 4.94. The third kappa shape index (κ3) is 5.02. The number of aryl methyl sites for hydroxylation is 2. The summed E-state index contributed by atoms with van der Waals surface area (Å²) in [5.74, 6) is -0.869. The van der Waals surface area contributed by atoms with E-state index < -0.39 is 11.9 Å². The maximum Gasteiger partial charge on any atom is 0.348 e. The van der Waals surface area contributed by atoms with Crippen molar-refractivity contribution < 1.29 is 14.3 Å². The Kier molecular flexibility index (Phi) is 6.74. The standard InChI is InChI=1S/C14H18N2O3S/c1-3-5-11-8-12(20-10(11)2)14(18)19-9-13(17)16-7-4-6-15/h8H,3-5,7,9H2,1-2H3,(H,16,17). The number of carbonyl (C=O) groups is 2. The number of ether oxygens (including phenoxy) is 1. The molecule has 1 heterocycles. The molecule has 0 aliphatic heterocycles. The van der Waals surface area contributed by atoms with E-state index in [0.29, 0.717) is 4.88 Å². The van der Waals surface area contributed by atoms with Crippen LogP contribution in [0.5, 0.6) is 0 Å². The molecule has 20 heavy (non-hydrogen) atoms. The highest BCUT2D eigenvalue weighted by atomic mass is 32.1. The van der Waals surface area contributed by atoms with Crippen molar-refractivity contribution in [3.8, 4) is 6.07 Å². The van der Waals surface area contributed by atoms with Crippen molar-refractivity contribution >= 4 is 23.2 Å². The molecule has 0 fully saturated rings. The molecule has 0 saturated heterocycles. The molecule has 1 rings (SSSR count). The van der Waals surface area contributed by atoms with E-state index in [1.54, 1.807) is 0 Å². The van der Waals surface area contributed by atoms with Crippen molar-refractivity contribution in [3.63, 3.8) is 0 Å². The van der Waals surface area contributed by atoms with Gasteiger partial charge in [-0.2, -0.15) is 5.26 Å². The first-order valence-corrected chi connectivity index (χ1v) is 7.30. The molecule has 0 aliphatic rings. The van der Waals surface area contributed by atoms with Crippen molar-refractivity contribution in [2.45, 2.75) is 33.1 Å². The summed E-state index contributed by atoms with van der Waals surface area (Å²) in [5, 5.41) is 10.8. The van der Waals surface area contributed by atoms with E-state index in [9.17, 15) is 9.59 Å². The zero-order valence-corrected chi connectivity index (χ0v) is 12.5. The highest BCUT2D eigenvalue weighted by Gasteiger charge is 2.14. The third-order valence-corrected chi connectivity index (χ3v) is 3.71. The van der Waals surface area contributed by atoms with E-state index in [2.05, 4.69) is 12.2 Å². The van der Waals surface area contributed by atoms with Crippen LogP contribution < -0.4 is 5.32 Å². The van der Waals surface area contributed by atoms with Gasteiger partial charge in [-0.1, -0.05) is 13.3 Å². The number of amides is 1. The molecule has 1 aromatic rings. The van der Waals surface area contributed by atoms with Crippen LogP contribution in [0.1, 0.15) is 39.9 Å². The zero-order chi connectivity index (χ0) is 15.0. The highest BCUT2D eigenvalue weighted by Crippen LogP contribution is 2.23. The summed E-state index contributed by atoms with van der Waals surface area (Å²) >= 11 is 1.39. The van der Waals surface area contributed by atoms with Gasteiger partial charge in [0, 0.05) is 11.4 Å². The number of thiophene rings is 1. The Morgan fingerprint density at radius 3 is 2.90 bits per heavy atom. The molecular weight excluding hydrogens is 276 g/mol. The van der Waals surface area contributed by atoms with Crippen LogP contribution in [0.3, 0.4) is 0 Å². The van der Waals surface area contributed by atoms with Crippen LogP contribution in [0.2, 0.25) is 0 Å². The van der Waals surface area contributed by atoms with Gasteiger partial charge in [0.2, 0.25) is 0 Å². The topological polar surface area (TPSA) is 79.2 Å². The van der Waals surface area contributed by atoms with Crippen LogP contribution >= 0.6 is 11.3 Å². The van der Waals surface area contributed by atoms with Crippen LogP contribution in [0.25, 0.3) is 0 Å². The molecule has 0 radical (unpaired) electrons. The fourth-order valence-corrected chi connectivity index (χ4v) is 2.61. The predicted molar refractivity (Wildman–Crippen MR) is 76.6 cm³/mol. The summed E-state index contributed by atoms with van der Waals surface area (Å²) in [7, 11) is 0. The Hall–Kier alpha value is -1.87. The van der Waals surface area contributed by atoms with Crippen LogP contribution in [-0.2, 0) is 16.0 Å². The molecule has 108 valence electrons. The number of nitrogens with one attached hydrogen (secondary N) is 1. The number of nitrogens with zero attached hydrogens (tertiary/aromatic N) is 1. The molecular formula is C14H18N2O3S. The average Bonchev–Trinajstić information content (AvgIpc) is 2.78. The smallest absolute Gasteiger partial charge is 0.348 e.